The van der Waals surface area contributed by atoms with E-state index in [2.05, 4.69) is 0 Å². The van der Waals surface area contributed by atoms with Gasteiger partial charge >= 0.3 is 17.9 Å². The van der Waals surface area contributed by atoms with Crippen molar-refractivity contribution in [2.75, 3.05) is 19.8 Å². The van der Waals surface area contributed by atoms with E-state index < -0.39 is 79.5 Å². The number of fused-ring (bicyclic) bond motifs is 1. The van der Waals surface area contributed by atoms with Gasteiger partial charge in [0.25, 0.3) is 0 Å². The largest absolute Gasteiger partial charge is 0.508 e. The summed E-state index contributed by atoms with van der Waals surface area (Å²) < 4.78 is 33.0. The van der Waals surface area contributed by atoms with Gasteiger partial charge in [0, 0.05) is 12.2 Å². The van der Waals surface area contributed by atoms with Gasteiger partial charge in [-0.3, -0.25) is 4.79 Å². The molecule has 0 amide bonds. The molecule has 0 bridgehead atoms. The number of hydrogen-bond donors (Lipinski definition) is 5. The molecule has 5 rings (SSSR count). The molecule has 0 saturated carbocycles. The third-order valence-electron chi connectivity index (χ3n) is 7.92. The molecular weight excluding hydrogens is 632 g/mol. The maximum Gasteiger partial charge on any atom is 0.331 e. The number of carbonyl (C=O) groups is 3. The first-order chi connectivity index (χ1) is 23.0. The van der Waals surface area contributed by atoms with Crippen LogP contribution in [-0.2, 0) is 42.8 Å². The van der Waals surface area contributed by atoms with Crippen molar-refractivity contribution in [2.24, 2.45) is 5.92 Å². The number of rotatable bonds is 10. The Balaban J connectivity index is 1.10. The lowest BCUT2D eigenvalue weighted by Crippen LogP contribution is -2.64. The average Bonchev–Trinajstić information content (AvgIpc) is 3.35. The third kappa shape index (κ3) is 8.66. The molecule has 14 nitrogen and oxygen atoms in total. The van der Waals surface area contributed by atoms with Crippen LogP contribution < -0.4 is 0 Å². The van der Waals surface area contributed by atoms with Crippen LogP contribution in [0.15, 0.2) is 72.3 Å². The van der Waals surface area contributed by atoms with Gasteiger partial charge in [-0.05, 0) is 66.1 Å². The maximum atomic E-state index is 12.8. The highest BCUT2D eigenvalue weighted by Crippen LogP contribution is 2.35. The number of benzene rings is 2. The lowest BCUT2D eigenvalue weighted by atomic mass is 9.92. The fraction of sp³-hybridized carbons (Fsp3) is 0.382. The Morgan fingerprint density at radius 3 is 2.02 bits per heavy atom. The molecule has 0 aliphatic carbocycles. The van der Waals surface area contributed by atoms with Gasteiger partial charge < -0.3 is 54.0 Å². The summed E-state index contributed by atoms with van der Waals surface area (Å²) in [4.78, 5) is 37.1. The Morgan fingerprint density at radius 1 is 0.833 bits per heavy atom. The van der Waals surface area contributed by atoms with E-state index in [1.54, 1.807) is 31.2 Å². The van der Waals surface area contributed by atoms with E-state index in [0.29, 0.717) is 16.7 Å². The van der Waals surface area contributed by atoms with Crippen molar-refractivity contribution < 1.29 is 68.3 Å². The number of aromatic hydroxyl groups is 2. The summed E-state index contributed by atoms with van der Waals surface area (Å²) in [5.41, 5.74) is 1.83. The average molecular weight is 669 g/mol. The molecule has 2 aromatic rings. The van der Waals surface area contributed by atoms with Gasteiger partial charge in [-0.2, -0.15) is 0 Å². The molecular formula is C34H36O14. The number of phenols is 2. The first-order valence-electron chi connectivity index (χ1n) is 15.1. The minimum atomic E-state index is -1.55. The summed E-state index contributed by atoms with van der Waals surface area (Å²) in [6, 6.07) is 12.3. The standard InChI is InChI=1S/C34H36O14/c1-18(15-43-26(37)12-6-19-2-8-21(35)9-3-19)14-23-29(39)28(33(42)47-23)24-16-45-34-32(46-24)31(41)30(40)25(48-34)17-44-27(38)13-7-20-4-10-22(36)11-5-20/h2-14,23-25,28-32,34-36,39-41H,15-17H2,1H3/b12-6+,13-7+,18-14+/t23-,24-,25+,28+,29+,30-,31-,32-,34+/m0/s1. The molecule has 14 heteroatoms. The fourth-order valence-corrected chi connectivity index (χ4v) is 5.35. The van der Waals surface area contributed by atoms with Crippen molar-refractivity contribution >= 4 is 30.1 Å². The molecule has 0 unspecified atom stereocenters. The molecule has 0 radical (unpaired) electrons. The fourth-order valence-electron chi connectivity index (χ4n) is 5.35. The summed E-state index contributed by atoms with van der Waals surface area (Å²) in [5.74, 6) is -3.14. The normalized spacial score (nSPS) is 30.6. The van der Waals surface area contributed by atoms with Gasteiger partial charge in [0.15, 0.2) is 6.29 Å². The summed E-state index contributed by atoms with van der Waals surface area (Å²) >= 11 is 0. The minimum Gasteiger partial charge on any atom is -0.508 e. The summed E-state index contributed by atoms with van der Waals surface area (Å²) in [7, 11) is 0. The predicted molar refractivity (Wildman–Crippen MR) is 165 cm³/mol. The first kappa shape index (κ1) is 34.8. The molecule has 48 heavy (non-hydrogen) atoms. The Hall–Kier alpha value is -4.57. The molecule has 3 aliphatic rings. The highest BCUT2D eigenvalue weighted by atomic mass is 16.7. The Morgan fingerprint density at radius 2 is 1.42 bits per heavy atom. The van der Waals surface area contributed by atoms with Crippen LogP contribution in [0.5, 0.6) is 11.5 Å². The van der Waals surface area contributed by atoms with Crippen molar-refractivity contribution in [3.8, 4) is 11.5 Å². The van der Waals surface area contributed by atoms with Crippen LogP contribution in [0.4, 0.5) is 0 Å². The summed E-state index contributed by atoms with van der Waals surface area (Å²) in [6.45, 7) is 0.872. The van der Waals surface area contributed by atoms with Crippen molar-refractivity contribution in [3.05, 3.63) is 83.5 Å². The second-order valence-electron chi connectivity index (χ2n) is 11.5. The van der Waals surface area contributed by atoms with Crippen LogP contribution in [0.1, 0.15) is 18.1 Å². The molecule has 2 aromatic carbocycles. The molecule has 9 atom stereocenters. The smallest absolute Gasteiger partial charge is 0.331 e. The van der Waals surface area contributed by atoms with Gasteiger partial charge in [-0.15, -0.1) is 0 Å². The number of aliphatic hydroxyl groups is 3. The zero-order valence-electron chi connectivity index (χ0n) is 25.7. The second kappa shape index (κ2) is 15.6. The maximum absolute atomic E-state index is 12.8. The molecule has 0 aromatic heterocycles. The molecule has 0 spiro atoms. The second-order valence-corrected chi connectivity index (χ2v) is 11.5. The number of hydrogen-bond acceptors (Lipinski definition) is 14. The van der Waals surface area contributed by atoms with Crippen LogP contribution in [0.2, 0.25) is 0 Å². The van der Waals surface area contributed by atoms with Gasteiger partial charge in [0.05, 0.1) is 12.7 Å². The lowest BCUT2D eigenvalue weighted by Gasteiger charge is -2.46. The van der Waals surface area contributed by atoms with E-state index in [1.165, 1.54) is 48.6 Å². The highest BCUT2D eigenvalue weighted by Gasteiger charge is 2.54. The van der Waals surface area contributed by atoms with Gasteiger partial charge in [0.2, 0.25) is 0 Å². The number of phenolic OH excluding ortho intramolecular Hbond substituents is 2. The lowest BCUT2D eigenvalue weighted by molar-refractivity contribution is -0.353. The number of ether oxygens (including phenoxy) is 6. The first-order valence-corrected chi connectivity index (χ1v) is 15.1. The molecule has 5 N–H and O–H groups in total. The van der Waals surface area contributed by atoms with Crippen molar-refractivity contribution in [2.45, 2.75) is 55.9 Å². The van der Waals surface area contributed by atoms with E-state index >= 15 is 0 Å². The summed E-state index contributed by atoms with van der Waals surface area (Å²) in [5, 5.41) is 51.1. The molecule has 3 saturated heterocycles. The topological polar surface area (TPSA) is 208 Å². The number of aliphatic hydroxyl groups excluding tert-OH is 3. The monoisotopic (exact) mass is 668 g/mol. The van der Waals surface area contributed by atoms with E-state index in [1.807, 2.05) is 0 Å². The van der Waals surface area contributed by atoms with E-state index in [4.69, 9.17) is 28.4 Å². The van der Waals surface area contributed by atoms with E-state index in [-0.39, 0.29) is 24.7 Å². The van der Waals surface area contributed by atoms with Gasteiger partial charge in [-0.25, -0.2) is 9.59 Å². The van der Waals surface area contributed by atoms with Crippen LogP contribution >= 0.6 is 0 Å². The highest BCUT2D eigenvalue weighted by molar-refractivity contribution is 5.87. The van der Waals surface area contributed by atoms with Crippen LogP contribution in [0.3, 0.4) is 0 Å². The molecule has 256 valence electrons. The van der Waals surface area contributed by atoms with Gasteiger partial charge in [0.1, 0.15) is 67.3 Å². The quantitative estimate of drug-likeness (QED) is 0.104. The number of carbonyl (C=O) groups excluding carboxylic acids is 3. The van der Waals surface area contributed by atoms with Crippen molar-refractivity contribution in [3.63, 3.8) is 0 Å². The van der Waals surface area contributed by atoms with Crippen LogP contribution in [-0.4, -0.2) is 112 Å². The van der Waals surface area contributed by atoms with Crippen LogP contribution in [0, 0.1) is 5.92 Å². The predicted octanol–water partition coefficient (Wildman–Crippen LogP) is 0.990. The van der Waals surface area contributed by atoms with Crippen molar-refractivity contribution in [1.29, 1.82) is 0 Å². The molecule has 3 heterocycles. The van der Waals surface area contributed by atoms with Crippen LogP contribution in [0.25, 0.3) is 12.2 Å². The molecule has 3 fully saturated rings. The summed E-state index contributed by atoms with van der Waals surface area (Å²) in [6.07, 6.45) is -3.29. The van der Waals surface area contributed by atoms with E-state index in [0.717, 1.165) is 6.08 Å². The minimum absolute atomic E-state index is 0.0800. The van der Waals surface area contributed by atoms with Gasteiger partial charge in [-0.1, -0.05) is 24.3 Å². The number of cyclic esters (lactones) is 1. The zero-order chi connectivity index (χ0) is 34.4. The Bertz CT molecular complexity index is 1530. The van der Waals surface area contributed by atoms with Crippen molar-refractivity contribution in [1.82, 2.24) is 0 Å². The Kier molecular flexibility index (Phi) is 11.3. The molecule has 3 aliphatic heterocycles. The van der Waals surface area contributed by atoms with E-state index in [9.17, 15) is 39.9 Å². The zero-order valence-corrected chi connectivity index (χ0v) is 25.7. The Labute approximate surface area is 275 Å². The number of esters is 3. The SMILES string of the molecule is C/C(=C\[C@@H]1OC(=O)[C@H]([C@@H]2CO[C@@H]3O[C@H](COC(=O)/C=C/c4ccc(O)cc4)[C@H](O)[C@H](O)[C@@H]3O2)[C@@H]1O)COC(=O)/C=C/c1ccc(O)cc1. The third-order valence-corrected chi connectivity index (χ3v) is 7.92.